The molecule has 0 radical (unpaired) electrons. The summed E-state index contributed by atoms with van der Waals surface area (Å²) in [6.45, 7) is 2.72. The summed E-state index contributed by atoms with van der Waals surface area (Å²) in [5.41, 5.74) is 5.28. The van der Waals surface area contributed by atoms with E-state index in [0.29, 0.717) is 0 Å². The molecule has 0 saturated heterocycles. The number of para-hydroxylation sites is 1. The fraction of sp³-hybridized carbons (Fsp3) is 0.200. The minimum Gasteiger partial charge on any atom is -0.497 e. The van der Waals surface area contributed by atoms with Crippen LogP contribution in [0.4, 0.5) is 0 Å². The molecule has 1 N–H and O–H groups in total. The first kappa shape index (κ1) is 18.3. The first-order valence-corrected chi connectivity index (χ1v) is 9.78. The Morgan fingerprint density at radius 3 is 2.36 bits per heavy atom. The van der Waals surface area contributed by atoms with Gasteiger partial charge in [-0.2, -0.15) is 0 Å². The summed E-state index contributed by atoms with van der Waals surface area (Å²) in [6.07, 6.45) is 3.30. The minimum absolute atomic E-state index is 0.873. The van der Waals surface area contributed by atoms with Crippen molar-refractivity contribution < 1.29 is 4.74 Å². The zero-order valence-corrected chi connectivity index (χ0v) is 16.3. The normalized spacial score (nSPS) is 11.0. The number of rotatable bonds is 8. The highest BCUT2D eigenvalue weighted by Crippen LogP contribution is 2.22. The number of benzene rings is 3. The van der Waals surface area contributed by atoms with Crippen molar-refractivity contribution in [3.8, 4) is 5.75 Å². The summed E-state index contributed by atoms with van der Waals surface area (Å²) in [7, 11) is 1.70. The third-order valence-corrected chi connectivity index (χ3v) is 5.13. The molecule has 4 aromatic rings. The van der Waals surface area contributed by atoms with E-state index < -0.39 is 0 Å². The average Bonchev–Trinajstić information content (AvgIpc) is 3.10. The number of aromatic nitrogens is 1. The van der Waals surface area contributed by atoms with Gasteiger partial charge in [0.2, 0.25) is 0 Å². The molecule has 0 bridgehead atoms. The van der Waals surface area contributed by atoms with Gasteiger partial charge in [-0.25, -0.2) is 0 Å². The maximum Gasteiger partial charge on any atom is 0.118 e. The van der Waals surface area contributed by atoms with Crippen molar-refractivity contribution in [2.24, 2.45) is 0 Å². The van der Waals surface area contributed by atoms with Crippen LogP contribution < -0.4 is 10.1 Å². The van der Waals surface area contributed by atoms with Crippen LogP contribution in [0.5, 0.6) is 5.75 Å². The number of nitrogens with one attached hydrogen (secondary N) is 1. The van der Waals surface area contributed by atoms with Crippen molar-refractivity contribution in [2.45, 2.75) is 19.5 Å². The summed E-state index contributed by atoms with van der Waals surface area (Å²) in [4.78, 5) is 0. The van der Waals surface area contributed by atoms with Gasteiger partial charge in [0, 0.05) is 30.2 Å². The molecule has 0 aliphatic heterocycles. The van der Waals surface area contributed by atoms with E-state index in [1.54, 1.807) is 7.11 Å². The summed E-state index contributed by atoms with van der Waals surface area (Å²) in [6, 6.07) is 27.6. The lowest BCUT2D eigenvalue weighted by molar-refractivity contribution is 0.414. The molecule has 0 saturated carbocycles. The lowest BCUT2D eigenvalue weighted by atomic mass is 10.1. The van der Waals surface area contributed by atoms with Crippen LogP contribution in [0.3, 0.4) is 0 Å². The fourth-order valence-corrected chi connectivity index (χ4v) is 3.62. The second kappa shape index (κ2) is 8.77. The predicted molar refractivity (Wildman–Crippen MR) is 116 cm³/mol. The molecule has 0 amide bonds. The zero-order valence-electron chi connectivity index (χ0n) is 16.3. The van der Waals surface area contributed by atoms with E-state index in [1.807, 2.05) is 12.1 Å². The fourth-order valence-electron chi connectivity index (χ4n) is 3.62. The number of nitrogens with zero attached hydrogens (tertiary/aromatic N) is 1. The molecule has 0 aliphatic carbocycles. The minimum atomic E-state index is 0.873. The van der Waals surface area contributed by atoms with E-state index in [-0.39, 0.29) is 0 Å². The van der Waals surface area contributed by atoms with Gasteiger partial charge in [-0.1, -0.05) is 60.7 Å². The quantitative estimate of drug-likeness (QED) is 0.440. The summed E-state index contributed by atoms with van der Waals surface area (Å²) in [5, 5.41) is 4.93. The number of fused-ring (bicyclic) bond motifs is 1. The van der Waals surface area contributed by atoms with Crippen LogP contribution in [-0.4, -0.2) is 18.2 Å². The Hall–Kier alpha value is -3.04. The zero-order chi connectivity index (χ0) is 19.2. The molecular weight excluding hydrogens is 344 g/mol. The molecule has 0 fully saturated rings. The number of hydrogen-bond donors (Lipinski definition) is 1. The van der Waals surface area contributed by atoms with E-state index in [0.717, 1.165) is 31.8 Å². The highest BCUT2D eigenvalue weighted by atomic mass is 16.5. The highest BCUT2D eigenvalue weighted by molar-refractivity contribution is 5.84. The van der Waals surface area contributed by atoms with E-state index in [2.05, 4.69) is 82.8 Å². The maximum atomic E-state index is 5.22. The van der Waals surface area contributed by atoms with Gasteiger partial charge in [0.05, 0.1) is 7.11 Å². The maximum absolute atomic E-state index is 5.22. The third kappa shape index (κ3) is 4.26. The lowest BCUT2D eigenvalue weighted by Crippen LogP contribution is -2.16. The molecule has 1 heterocycles. The van der Waals surface area contributed by atoms with Crippen LogP contribution in [-0.2, 0) is 19.5 Å². The van der Waals surface area contributed by atoms with E-state index in [9.17, 15) is 0 Å². The van der Waals surface area contributed by atoms with Crippen molar-refractivity contribution in [3.05, 3.63) is 102 Å². The van der Waals surface area contributed by atoms with Crippen LogP contribution in [0.1, 0.15) is 16.7 Å². The second-order valence-electron chi connectivity index (χ2n) is 7.06. The molecule has 0 atom stereocenters. The Morgan fingerprint density at radius 2 is 1.57 bits per heavy atom. The first-order valence-electron chi connectivity index (χ1n) is 9.78. The van der Waals surface area contributed by atoms with Crippen LogP contribution in [0.15, 0.2) is 85.1 Å². The SMILES string of the molecule is COc1ccc(CCNCc2cn(Cc3ccccc3)c3ccccc23)cc1. The molecule has 0 unspecified atom stereocenters. The second-order valence-corrected chi connectivity index (χ2v) is 7.06. The molecule has 28 heavy (non-hydrogen) atoms. The summed E-state index contributed by atoms with van der Waals surface area (Å²) < 4.78 is 7.57. The standard InChI is InChI=1S/C25H26N2O/c1-28-23-13-11-20(12-14-23)15-16-26-17-22-19-27(18-21-7-3-2-4-8-21)25-10-6-5-9-24(22)25/h2-14,19,26H,15-18H2,1H3. The summed E-state index contributed by atoms with van der Waals surface area (Å²) in [5.74, 6) is 0.905. The Bertz CT molecular complexity index is 1020. The number of hydrogen-bond acceptors (Lipinski definition) is 2. The van der Waals surface area contributed by atoms with Crippen LogP contribution >= 0.6 is 0 Å². The summed E-state index contributed by atoms with van der Waals surface area (Å²) >= 11 is 0. The number of ether oxygens (including phenoxy) is 1. The van der Waals surface area contributed by atoms with Gasteiger partial charge in [0.1, 0.15) is 5.75 Å². The van der Waals surface area contributed by atoms with Crippen LogP contribution in [0, 0.1) is 0 Å². The van der Waals surface area contributed by atoms with E-state index in [1.165, 1.54) is 27.6 Å². The van der Waals surface area contributed by atoms with E-state index in [4.69, 9.17) is 4.74 Å². The van der Waals surface area contributed by atoms with Gasteiger partial charge in [-0.05, 0) is 47.9 Å². The third-order valence-electron chi connectivity index (χ3n) is 5.13. The van der Waals surface area contributed by atoms with Gasteiger partial charge in [-0.15, -0.1) is 0 Å². The van der Waals surface area contributed by atoms with Crippen molar-refractivity contribution in [2.75, 3.05) is 13.7 Å². The highest BCUT2D eigenvalue weighted by Gasteiger charge is 2.08. The smallest absolute Gasteiger partial charge is 0.118 e. The first-order chi connectivity index (χ1) is 13.8. The molecule has 1 aromatic heterocycles. The Labute approximate surface area is 166 Å². The Kier molecular flexibility index (Phi) is 5.74. The van der Waals surface area contributed by atoms with Gasteiger partial charge in [-0.3, -0.25) is 0 Å². The monoisotopic (exact) mass is 370 g/mol. The molecule has 0 aliphatic rings. The predicted octanol–water partition coefficient (Wildman–Crippen LogP) is 5.03. The molecule has 3 heteroatoms. The van der Waals surface area contributed by atoms with Crippen molar-refractivity contribution in [3.63, 3.8) is 0 Å². The molecular formula is C25H26N2O. The van der Waals surface area contributed by atoms with Crippen molar-refractivity contribution >= 4 is 10.9 Å². The van der Waals surface area contributed by atoms with Crippen LogP contribution in [0.2, 0.25) is 0 Å². The largest absolute Gasteiger partial charge is 0.497 e. The average molecular weight is 370 g/mol. The van der Waals surface area contributed by atoms with Gasteiger partial charge >= 0.3 is 0 Å². The molecule has 0 spiro atoms. The van der Waals surface area contributed by atoms with E-state index >= 15 is 0 Å². The van der Waals surface area contributed by atoms with Gasteiger partial charge in [0.15, 0.2) is 0 Å². The molecule has 4 rings (SSSR count). The number of methoxy groups -OCH3 is 1. The molecule has 3 aromatic carbocycles. The molecule has 142 valence electrons. The van der Waals surface area contributed by atoms with Crippen molar-refractivity contribution in [1.29, 1.82) is 0 Å². The van der Waals surface area contributed by atoms with Crippen LogP contribution in [0.25, 0.3) is 10.9 Å². The lowest BCUT2D eigenvalue weighted by Gasteiger charge is -2.06. The topological polar surface area (TPSA) is 26.2 Å². The van der Waals surface area contributed by atoms with Gasteiger partial charge < -0.3 is 14.6 Å². The van der Waals surface area contributed by atoms with Crippen molar-refractivity contribution in [1.82, 2.24) is 9.88 Å². The Morgan fingerprint density at radius 1 is 0.821 bits per heavy atom. The Balaban J connectivity index is 1.42. The van der Waals surface area contributed by atoms with Gasteiger partial charge in [0.25, 0.3) is 0 Å². The molecule has 3 nitrogen and oxygen atoms in total.